The smallest absolute Gasteiger partial charge is 0.308 e. The van der Waals surface area contributed by atoms with Crippen molar-refractivity contribution in [2.24, 2.45) is 0 Å². The number of benzene rings is 2. The van der Waals surface area contributed by atoms with Gasteiger partial charge in [0, 0.05) is 17.6 Å². The maximum atomic E-state index is 13.6. The molecule has 23 heavy (non-hydrogen) atoms. The van der Waals surface area contributed by atoms with E-state index in [0.717, 1.165) is 0 Å². The van der Waals surface area contributed by atoms with Crippen LogP contribution in [0.1, 0.15) is 15.9 Å². The Hall–Kier alpha value is -2.61. The number of nitrogens with one attached hydrogen (secondary N) is 1. The van der Waals surface area contributed by atoms with Crippen molar-refractivity contribution in [1.29, 1.82) is 0 Å². The molecular weight excluding hydrogens is 337 g/mol. The number of hydrogen-bond donors (Lipinski definition) is 1. The van der Waals surface area contributed by atoms with Gasteiger partial charge in [-0.15, -0.1) is 0 Å². The number of hydrogen-bond acceptors (Lipinski definition) is 3. The van der Waals surface area contributed by atoms with Gasteiger partial charge in [0.05, 0.1) is 10.5 Å². The largest absolute Gasteiger partial charge is 0.348 e. The third-order valence-electron chi connectivity index (χ3n) is 2.97. The highest BCUT2D eigenvalue weighted by Crippen LogP contribution is 2.25. The Morgan fingerprint density at radius 2 is 1.83 bits per heavy atom. The Morgan fingerprint density at radius 1 is 1.17 bits per heavy atom. The van der Waals surface area contributed by atoms with Gasteiger partial charge in [0.2, 0.25) is 11.6 Å². The fraction of sp³-hybridized carbons (Fsp3) is 0.0714. The lowest BCUT2D eigenvalue weighted by Gasteiger charge is -2.08. The van der Waals surface area contributed by atoms with Gasteiger partial charge in [0.25, 0.3) is 5.91 Å². The second kappa shape index (κ2) is 6.66. The number of carbonyl (C=O) groups excluding carboxylic acids is 1. The van der Waals surface area contributed by atoms with Crippen LogP contribution in [-0.2, 0) is 6.54 Å². The Bertz CT molecular complexity index is 799. The zero-order valence-corrected chi connectivity index (χ0v) is 12.0. The summed E-state index contributed by atoms with van der Waals surface area (Å²) in [5, 5.41) is 13.2. The zero-order valence-electron chi connectivity index (χ0n) is 11.3. The van der Waals surface area contributed by atoms with E-state index in [0.29, 0.717) is 16.7 Å². The number of nitrogens with zero attached hydrogens (tertiary/aromatic N) is 1. The van der Waals surface area contributed by atoms with Gasteiger partial charge in [0.15, 0.2) is 5.82 Å². The minimum absolute atomic E-state index is 0.120. The van der Waals surface area contributed by atoms with Crippen LogP contribution in [0.2, 0.25) is 5.02 Å². The van der Waals surface area contributed by atoms with Crippen molar-refractivity contribution in [3.05, 3.63) is 74.0 Å². The predicted octanol–water partition coefficient (Wildman–Crippen LogP) is 3.60. The second-order valence-electron chi connectivity index (χ2n) is 4.42. The molecule has 0 radical (unpaired) electrons. The van der Waals surface area contributed by atoms with Crippen LogP contribution in [0.4, 0.5) is 18.9 Å². The number of nitro groups is 1. The Kier molecular flexibility index (Phi) is 4.85. The van der Waals surface area contributed by atoms with E-state index < -0.39 is 39.5 Å². The number of amides is 1. The number of carbonyl (C=O) groups is 1. The Morgan fingerprint density at radius 3 is 2.43 bits per heavy atom. The topological polar surface area (TPSA) is 72.2 Å². The molecule has 5 nitrogen and oxygen atoms in total. The molecular formula is C14H8ClF3N2O3. The normalized spacial score (nSPS) is 10.4. The first-order valence-electron chi connectivity index (χ1n) is 6.16. The minimum Gasteiger partial charge on any atom is -0.348 e. The quantitative estimate of drug-likeness (QED) is 0.523. The summed E-state index contributed by atoms with van der Waals surface area (Å²) in [6.45, 7) is -0.120. The fourth-order valence-electron chi connectivity index (χ4n) is 1.80. The maximum absolute atomic E-state index is 13.6. The minimum atomic E-state index is -2.08. The van der Waals surface area contributed by atoms with Crippen LogP contribution in [-0.4, -0.2) is 10.8 Å². The van der Waals surface area contributed by atoms with Crippen LogP contribution in [0.15, 0.2) is 30.3 Å². The first kappa shape index (κ1) is 16.8. The molecule has 0 saturated heterocycles. The lowest BCUT2D eigenvalue weighted by atomic mass is 10.1. The van der Waals surface area contributed by atoms with E-state index in [1.54, 1.807) is 24.3 Å². The highest BCUT2D eigenvalue weighted by molar-refractivity contribution is 6.31. The van der Waals surface area contributed by atoms with Gasteiger partial charge >= 0.3 is 5.69 Å². The van der Waals surface area contributed by atoms with Crippen LogP contribution in [0.25, 0.3) is 0 Å². The summed E-state index contributed by atoms with van der Waals surface area (Å²) in [5.41, 5.74) is -1.80. The van der Waals surface area contributed by atoms with Crippen molar-refractivity contribution in [2.45, 2.75) is 6.54 Å². The Balaban J connectivity index is 2.29. The van der Waals surface area contributed by atoms with Crippen LogP contribution < -0.4 is 5.32 Å². The van der Waals surface area contributed by atoms with Gasteiger partial charge in [-0.1, -0.05) is 29.8 Å². The highest BCUT2D eigenvalue weighted by Gasteiger charge is 2.28. The van der Waals surface area contributed by atoms with Crippen LogP contribution >= 0.6 is 11.6 Å². The monoisotopic (exact) mass is 344 g/mol. The maximum Gasteiger partial charge on any atom is 0.308 e. The van der Waals surface area contributed by atoms with Gasteiger partial charge in [0.1, 0.15) is 0 Å². The van der Waals surface area contributed by atoms with E-state index in [2.05, 4.69) is 5.32 Å². The lowest BCUT2D eigenvalue weighted by Crippen LogP contribution is -2.25. The van der Waals surface area contributed by atoms with E-state index in [1.165, 1.54) is 0 Å². The molecule has 0 heterocycles. The summed E-state index contributed by atoms with van der Waals surface area (Å²) >= 11 is 5.87. The van der Waals surface area contributed by atoms with Crippen molar-refractivity contribution in [3.63, 3.8) is 0 Å². The average molecular weight is 345 g/mol. The molecule has 2 aromatic carbocycles. The van der Waals surface area contributed by atoms with E-state index in [4.69, 9.17) is 11.6 Å². The third-order valence-corrected chi connectivity index (χ3v) is 3.34. The van der Waals surface area contributed by atoms with Crippen LogP contribution in [0.3, 0.4) is 0 Å². The molecule has 0 aliphatic heterocycles. The summed E-state index contributed by atoms with van der Waals surface area (Å²) in [6.07, 6.45) is 0. The first-order chi connectivity index (χ1) is 10.8. The molecule has 0 atom stereocenters. The molecule has 0 bridgehead atoms. The van der Waals surface area contributed by atoms with Crippen molar-refractivity contribution in [3.8, 4) is 0 Å². The van der Waals surface area contributed by atoms with E-state index in [1.807, 2.05) is 0 Å². The summed E-state index contributed by atoms with van der Waals surface area (Å²) in [5.74, 6) is -6.98. The molecule has 9 heteroatoms. The van der Waals surface area contributed by atoms with Crippen molar-refractivity contribution < 1.29 is 22.9 Å². The SMILES string of the molecule is O=C(NCc1ccccc1Cl)c1cc([N+](=O)[O-])c(F)c(F)c1F. The van der Waals surface area contributed by atoms with Crippen LogP contribution in [0.5, 0.6) is 0 Å². The van der Waals surface area contributed by atoms with E-state index in [9.17, 15) is 28.1 Å². The second-order valence-corrected chi connectivity index (χ2v) is 4.82. The number of halogens is 4. The van der Waals surface area contributed by atoms with Gasteiger partial charge in [-0.2, -0.15) is 4.39 Å². The molecule has 2 rings (SSSR count). The summed E-state index contributed by atoms with van der Waals surface area (Å²) < 4.78 is 40.2. The summed E-state index contributed by atoms with van der Waals surface area (Å²) in [4.78, 5) is 21.2. The molecule has 0 spiro atoms. The zero-order chi connectivity index (χ0) is 17.1. The molecule has 0 fully saturated rings. The van der Waals surface area contributed by atoms with Crippen LogP contribution in [0, 0.1) is 27.6 Å². The van der Waals surface area contributed by atoms with Gasteiger partial charge in [-0.3, -0.25) is 14.9 Å². The van der Waals surface area contributed by atoms with Crippen molar-refractivity contribution >= 4 is 23.2 Å². The Labute approximate surface area is 132 Å². The molecule has 0 aliphatic carbocycles. The average Bonchev–Trinajstić information content (AvgIpc) is 2.51. The summed E-state index contributed by atoms with van der Waals surface area (Å²) in [6, 6.07) is 6.80. The van der Waals surface area contributed by atoms with E-state index in [-0.39, 0.29) is 6.54 Å². The first-order valence-corrected chi connectivity index (χ1v) is 6.54. The molecule has 0 aromatic heterocycles. The standard InChI is InChI=1S/C14H8ClF3N2O3/c15-9-4-2-1-3-7(9)6-19-14(21)8-5-10(20(22)23)12(17)13(18)11(8)16/h1-5H,6H2,(H,19,21). The molecule has 0 saturated carbocycles. The molecule has 1 N–H and O–H groups in total. The van der Waals surface area contributed by atoms with Gasteiger partial charge < -0.3 is 5.32 Å². The molecule has 0 aliphatic rings. The number of rotatable bonds is 4. The van der Waals surface area contributed by atoms with Gasteiger partial charge in [-0.05, 0) is 11.6 Å². The van der Waals surface area contributed by atoms with Crippen molar-refractivity contribution in [1.82, 2.24) is 5.32 Å². The number of nitro benzene ring substituents is 1. The summed E-state index contributed by atoms with van der Waals surface area (Å²) in [7, 11) is 0. The molecule has 120 valence electrons. The van der Waals surface area contributed by atoms with Gasteiger partial charge in [-0.25, -0.2) is 8.78 Å². The highest BCUT2D eigenvalue weighted by atomic mass is 35.5. The predicted molar refractivity (Wildman–Crippen MR) is 75.6 cm³/mol. The lowest BCUT2D eigenvalue weighted by molar-refractivity contribution is -0.387. The fourth-order valence-corrected chi connectivity index (χ4v) is 2.00. The molecule has 0 unspecified atom stereocenters. The molecule has 2 aromatic rings. The van der Waals surface area contributed by atoms with E-state index >= 15 is 0 Å². The third kappa shape index (κ3) is 3.42. The molecule has 1 amide bonds. The van der Waals surface area contributed by atoms with Crippen molar-refractivity contribution in [2.75, 3.05) is 0 Å².